The monoisotopic (exact) mass is 275 g/mol. The van der Waals surface area contributed by atoms with Crippen LogP contribution in [0.1, 0.15) is 20.8 Å². The third-order valence-corrected chi connectivity index (χ3v) is 4.90. The predicted octanol–water partition coefficient (Wildman–Crippen LogP) is 1.42. The maximum absolute atomic E-state index is 5.81. The number of hydrogen-bond donors (Lipinski definition) is 1. The van der Waals surface area contributed by atoms with Crippen LogP contribution in [0, 0.1) is 0 Å². The van der Waals surface area contributed by atoms with E-state index in [1.807, 2.05) is 11.8 Å². The second-order valence-electron chi connectivity index (χ2n) is 4.95. The molecule has 0 spiro atoms. The summed E-state index contributed by atoms with van der Waals surface area (Å²) in [6.07, 6.45) is 0. The molecule has 17 heavy (non-hydrogen) atoms. The number of nitrogens with two attached hydrogens (primary N) is 1. The Hall–Kier alpha value is 0.160. The van der Waals surface area contributed by atoms with Gasteiger partial charge in [-0.05, 0) is 19.6 Å². The fraction of sp³-hybridized carbons (Fsp3) is 0.917. The molecule has 0 amide bonds. The summed E-state index contributed by atoms with van der Waals surface area (Å²) in [7, 11) is 0. The maximum atomic E-state index is 5.81. The Balaban J connectivity index is 2.33. The number of nitrogens with zero attached hydrogens (tertiary/aromatic N) is 2. The van der Waals surface area contributed by atoms with Crippen LogP contribution in [-0.4, -0.2) is 64.6 Å². The first-order valence-corrected chi connectivity index (χ1v) is 7.89. The summed E-state index contributed by atoms with van der Waals surface area (Å²) >= 11 is 7.16. The zero-order valence-electron chi connectivity index (χ0n) is 11.2. The van der Waals surface area contributed by atoms with Gasteiger partial charge in [-0.25, -0.2) is 0 Å². The summed E-state index contributed by atoms with van der Waals surface area (Å²) < 4.78 is 0. The quantitative estimate of drug-likeness (QED) is 0.585. The summed E-state index contributed by atoms with van der Waals surface area (Å²) in [5.74, 6) is 2.46. The Morgan fingerprint density at radius 3 is 2.35 bits per heavy atom. The highest BCUT2D eigenvalue weighted by atomic mass is 32.2. The SMILES string of the molecule is CCSCCN1CCN(C(C)(C)C(N)=S)CC1. The Morgan fingerprint density at radius 1 is 1.29 bits per heavy atom. The topological polar surface area (TPSA) is 32.5 Å². The minimum Gasteiger partial charge on any atom is -0.392 e. The molecule has 1 saturated heterocycles. The number of piperazine rings is 1. The molecule has 1 aliphatic rings. The highest BCUT2D eigenvalue weighted by molar-refractivity contribution is 7.99. The normalized spacial score (nSPS) is 19.5. The second-order valence-corrected chi connectivity index (χ2v) is 6.78. The molecule has 0 atom stereocenters. The van der Waals surface area contributed by atoms with E-state index in [0.29, 0.717) is 4.99 Å². The van der Waals surface area contributed by atoms with E-state index in [0.717, 1.165) is 26.2 Å². The number of thioether (sulfide) groups is 1. The van der Waals surface area contributed by atoms with Crippen LogP contribution in [-0.2, 0) is 0 Å². The molecule has 0 aromatic rings. The molecule has 0 bridgehead atoms. The summed E-state index contributed by atoms with van der Waals surface area (Å²) in [6, 6.07) is 0. The average Bonchev–Trinajstić information content (AvgIpc) is 2.30. The van der Waals surface area contributed by atoms with Crippen LogP contribution >= 0.6 is 24.0 Å². The molecule has 2 N–H and O–H groups in total. The fourth-order valence-electron chi connectivity index (χ4n) is 2.02. The van der Waals surface area contributed by atoms with E-state index >= 15 is 0 Å². The molecule has 1 rings (SSSR count). The van der Waals surface area contributed by atoms with Gasteiger partial charge in [0.2, 0.25) is 0 Å². The zero-order valence-corrected chi connectivity index (χ0v) is 12.9. The van der Waals surface area contributed by atoms with Crippen molar-refractivity contribution in [3.8, 4) is 0 Å². The molecule has 1 fully saturated rings. The molecule has 0 unspecified atom stereocenters. The Morgan fingerprint density at radius 2 is 1.88 bits per heavy atom. The summed E-state index contributed by atoms with van der Waals surface area (Å²) in [5, 5.41) is 0. The molecule has 0 aliphatic carbocycles. The van der Waals surface area contributed by atoms with Gasteiger partial charge in [0.05, 0.1) is 10.5 Å². The molecule has 1 aliphatic heterocycles. The third-order valence-electron chi connectivity index (χ3n) is 3.52. The van der Waals surface area contributed by atoms with Crippen molar-refractivity contribution in [1.82, 2.24) is 9.80 Å². The summed E-state index contributed by atoms with van der Waals surface area (Å²) in [4.78, 5) is 5.54. The molecule has 0 radical (unpaired) electrons. The maximum Gasteiger partial charge on any atom is 0.0928 e. The highest BCUT2D eigenvalue weighted by Gasteiger charge is 2.31. The van der Waals surface area contributed by atoms with E-state index in [1.165, 1.54) is 18.1 Å². The lowest BCUT2D eigenvalue weighted by atomic mass is 10.0. The molecule has 0 saturated carbocycles. The Labute approximate surface area is 115 Å². The standard InChI is InChI=1S/C12H25N3S2/c1-4-17-10-9-14-5-7-15(8-6-14)12(2,3)11(13)16/h4-10H2,1-3H3,(H2,13,16). The third kappa shape index (κ3) is 4.39. The van der Waals surface area contributed by atoms with Crippen molar-refractivity contribution in [3.05, 3.63) is 0 Å². The van der Waals surface area contributed by atoms with Crippen molar-refractivity contribution in [3.63, 3.8) is 0 Å². The van der Waals surface area contributed by atoms with Crippen LogP contribution < -0.4 is 5.73 Å². The molecule has 0 aromatic carbocycles. The van der Waals surface area contributed by atoms with Crippen molar-refractivity contribution in [1.29, 1.82) is 0 Å². The number of thiocarbonyl (C=S) groups is 1. The molecular weight excluding hydrogens is 250 g/mol. The minimum absolute atomic E-state index is 0.139. The predicted molar refractivity (Wildman–Crippen MR) is 81.9 cm³/mol. The van der Waals surface area contributed by atoms with E-state index in [-0.39, 0.29) is 5.54 Å². The van der Waals surface area contributed by atoms with E-state index in [4.69, 9.17) is 18.0 Å². The highest BCUT2D eigenvalue weighted by Crippen LogP contribution is 2.17. The molecule has 100 valence electrons. The van der Waals surface area contributed by atoms with Crippen molar-refractivity contribution in [2.75, 3.05) is 44.2 Å². The second kappa shape index (κ2) is 6.92. The Kier molecular flexibility index (Phi) is 6.20. The van der Waals surface area contributed by atoms with Gasteiger partial charge in [-0.1, -0.05) is 19.1 Å². The lowest BCUT2D eigenvalue weighted by Crippen LogP contribution is -2.59. The summed E-state index contributed by atoms with van der Waals surface area (Å²) in [6.45, 7) is 12.1. The first-order chi connectivity index (χ1) is 7.98. The lowest BCUT2D eigenvalue weighted by molar-refractivity contribution is 0.0897. The largest absolute Gasteiger partial charge is 0.392 e. The van der Waals surface area contributed by atoms with Crippen molar-refractivity contribution in [2.45, 2.75) is 26.3 Å². The van der Waals surface area contributed by atoms with Crippen molar-refractivity contribution >= 4 is 29.0 Å². The average molecular weight is 275 g/mol. The zero-order chi connectivity index (χ0) is 12.9. The smallest absolute Gasteiger partial charge is 0.0928 e. The van der Waals surface area contributed by atoms with Gasteiger partial charge in [-0.3, -0.25) is 9.80 Å². The van der Waals surface area contributed by atoms with Crippen LogP contribution in [0.5, 0.6) is 0 Å². The van der Waals surface area contributed by atoms with E-state index in [1.54, 1.807) is 0 Å². The Bertz CT molecular complexity index is 248. The van der Waals surface area contributed by atoms with Gasteiger partial charge in [0.15, 0.2) is 0 Å². The van der Waals surface area contributed by atoms with E-state index < -0.39 is 0 Å². The summed E-state index contributed by atoms with van der Waals surface area (Å²) in [5.41, 5.74) is 5.67. The van der Waals surface area contributed by atoms with E-state index in [2.05, 4.69) is 30.6 Å². The number of rotatable bonds is 6. The van der Waals surface area contributed by atoms with Crippen LogP contribution in [0.15, 0.2) is 0 Å². The first kappa shape index (κ1) is 15.2. The molecule has 1 heterocycles. The van der Waals surface area contributed by atoms with Gasteiger partial charge in [-0.2, -0.15) is 11.8 Å². The van der Waals surface area contributed by atoms with Gasteiger partial charge in [-0.15, -0.1) is 0 Å². The van der Waals surface area contributed by atoms with Gasteiger partial charge in [0, 0.05) is 38.5 Å². The fourth-order valence-corrected chi connectivity index (χ4v) is 2.83. The lowest BCUT2D eigenvalue weighted by Gasteiger charge is -2.43. The van der Waals surface area contributed by atoms with Crippen LogP contribution in [0.4, 0.5) is 0 Å². The van der Waals surface area contributed by atoms with Crippen molar-refractivity contribution in [2.24, 2.45) is 5.73 Å². The molecule has 3 nitrogen and oxygen atoms in total. The van der Waals surface area contributed by atoms with Crippen LogP contribution in [0.3, 0.4) is 0 Å². The van der Waals surface area contributed by atoms with Gasteiger partial charge >= 0.3 is 0 Å². The first-order valence-electron chi connectivity index (χ1n) is 6.33. The van der Waals surface area contributed by atoms with Gasteiger partial charge in [0.1, 0.15) is 0 Å². The number of hydrogen-bond acceptors (Lipinski definition) is 4. The van der Waals surface area contributed by atoms with Gasteiger partial charge < -0.3 is 5.73 Å². The molecular formula is C12H25N3S2. The van der Waals surface area contributed by atoms with Crippen molar-refractivity contribution < 1.29 is 0 Å². The van der Waals surface area contributed by atoms with Gasteiger partial charge in [0.25, 0.3) is 0 Å². The molecule has 0 aromatic heterocycles. The molecule has 5 heteroatoms. The van der Waals surface area contributed by atoms with Crippen LogP contribution in [0.2, 0.25) is 0 Å². The van der Waals surface area contributed by atoms with Crippen LogP contribution in [0.25, 0.3) is 0 Å². The minimum atomic E-state index is -0.139. The van der Waals surface area contributed by atoms with E-state index in [9.17, 15) is 0 Å².